The molecule has 7 heteroatoms. The molecule has 1 aromatic carbocycles. The van der Waals surface area contributed by atoms with Gasteiger partial charge in [-0.1, -0.05) is 13.8 Å². The van der Waals surface area contributed by atoms with Crippen molar-refractivity contribution in [3.05, 3.63) is 17.7 Å². The highest BCUT2D eigenvalue weighted by molar-refractivity contribution is 5.83. The second kappa shape index (κ2) is 9.58. The van der Waals surface area contributed by atoms with E-state index in [9.17, 15) is 9.59 Å². The van der Waals surface area contributed by atoms with Gasteiger partial charge in [-0.25, -0.2) is 0 Å². The van der Waals surface area contributed by atoms with Gasteiger partial charge in [0.05, 0.1) is 27.2 Å². The molecule has 0 aromatic heterocycles. The molecule has 30 heavy (non-hydrogen) atoms. The molecule has 2 amide bonds. The molecule has 1 saturated heterocycles. The zero-order chi connectivity index (χ0) is 21.8. The van der Waals surface area contributed by atoms with E-state index in [1.807, 2.05) is 30.9 Å². The van der Waals surface area contributed by atoms with Gasteiger partial charge in [-0.2, -0.15) is 0 Å². The maximum atomic E-state index is 13.0. The number of rotatable bonds is 9. The second-order valence-corrected chi connectivity index (χ2v) is 8.76. The lowest BCUT2D eigenvalue weighted by Gasteiger charge is -2.21. The molecule has 0 bridgehead atoms. The molecule has 0 radical (unpaired) electrons. The Balaban J connectivity index is 1.89. The van der Waals surface area contributed by atoms with Crippen molar-refractivity contribution < 1.29 is 23.8 Å². The van der Waals surface area contributed by atoms with Crippen LogP contribution < -0.4 is 19.5 Å². The minimum atomic E-state index is -0.303. The lowest BCUT2D eigenvalue weighted by atomic mass is 9.88. The number of nitrogens with zero attached hydrogens (tertiary/aromatic N) is 1. The molecule has 7 nitrogen and oxygen atoms in total. The van der Waals surface area contributed by atoms with Gasteiger partial charge in [-0.15, -0.1) is 0 Å². The highest BCUT2D eigenvalue weighted by atomic mass is 16.5. The van der Waals surface area contributed by atoms with Crippen molar-refractivity contribution in [3.8, 4) is 17.2 Å². The molecule has 2 aliphatic rings. The van der Waals surface area contributed by atoms with Crippen LogP contribution in [0.4, 0.5) is 0 Å². The standard InChI is InChI=1S/C23H34N2O5/c1-14(2)8-21(26)25-12-17(18(13-25)23(27)24-11-15-6-7-15)16-9-19(28-3)22(30-5)20(10-16)29-4/h9-10,14-15,17-18H,6-8,11-13H2,1-5H3,(H,24,27). The van der Waals surface area contributed by atoms with E-state index in [1.165, 1.54) is 12.8 Å². The first-order valence-electron chi connectivity index (χ1n) is 10.7. The smallest absolute Gasteiger partial charge is 0.225 e. The van der Waals surface area contributed by atoms with Gasteiger partial charge in [0.1, 0.15) is 0 Å². The van der Waals surface area contributed by atoms with E-state index in [2.05, 4.69) is 5.32 Å². The van der Waals surface area contributed by atoms with Crippen LogP contribution in [0.15, 0.2) is 12.1 Å². The van der Waals surface area contributed by atoms with Gasteiger partial charge in [0.25, 0.3) is 0 Å². The zero-order valence-electron chi connectivity index (χ0n) is 18.7. The fraction of sp³-hybridized carbons (Fsp3) is 0.652. The minimum Gasteiger partial charge on any atom is -0.493 e. The van der Waals surface area contributed by atoms with E-state index < -0.39 is 0 Å². The number of carbonyl (C=O) groups is 2. The van der Waals surface area contributed by atoms with Crippen molar-refractivity contribution in [1.82, 2.24) is 10.2 Å². The number of ether oxygens (including phenoxy) is 3. The normalized spacial score (nSPS) is 20.9. The molecule has 2 unspecified atom stereocenters. The number of hydrogen-bond donors (Lipinski definition) is 1. The zero-order valence-corrected chi connectivity index (χ0v) is 18.7. The van der Waals surface area contributed by atoms with Crippen molar-refractivity contribution in [2.24, 2.45) is 17.8 Å². The quantitative estimate of drug-likeness (QED) is 0.667. The van der Waals surface area contributed by atoms with Gasteiger partial charge in [-0.05, 0) is 42.4 Å². The monoisotopic (exact) mass is 418 g/mol. The Kier molecular flexibility index (Phi) is 7.10. The number of carbonyl (C=O) groups excluding carboxylic acids is 2. The Morgan fingerprint density at radius 1 is 1.07 bits per heavy atom. The van der Waals surface area contributed by atoms with E-state index in [4.69, 9.17) is 14.2 Å². The third-order valence-electron chi connectivity index (χ3n) is 5.97. The van der Waals surface area contributed by atoms with E-state index in [0.717, 1.165) is 12.1 Å². The van der Waals surface area contributed by atoms with Gasteiger partial charge in [0, 0.05) is 32.0 Å². The maximum absolute atomic E-state index is 13.0. The number of likely N-dealkylation sites (tertiary alicyclic amines) is 1. The summed E-state index contributed by atoms with van der Waals surface area (Å²) in [7, 11) is 4.72. The molecule has 1 aliphatic heterocycles. The van der Waals surface area contributed by atoms with Gasteiger partial charge < -0.3 is 24.4 Å². The van der Waals surface area contributed by atoms with Crippen LogP contribution in [0, 0.1) is 17.8 Å². The second-order valence-electron chi connectivity index (χ2n) is 8.76. The van der Waals surface area contributed by atoms with Crippen molar-refractivity contribution in [2.75, 3.05) is 41.0 Å². The summed E-state index contributed by atoms with van der Waals surface area (Å²) in [6.07, 6.45) is 2.85. The van der Waals surface area contributed by atoms with E-state index in [-0.39, 0.29) is 29.6 Å². The molecule has 0 spiro atoms. The van der Waals surface area contributed by atoms with Crippen molar-refractivity contribution in [2.45, 2.75) is 39.0 Å². The predicted molar refractivity (Wildman–Crippen MR) is 114 cm³/mol. The molecule has 1 saturated carbocycles. The van der Waals surface area contributed by atoms with Crippen LogP contribution in [0.2, 0.25) is 0 Å². The van der Waals surface area contributed by atoms with Crippen LogP contribution >= 0.6 is 0 Å². The van der Waals surface area contributed by atoms with Gasteiger partial charge >= 0.3 is 0 Å². The summed E-state index contributed by atoms with van der Waals surface area (Å²) in [6.45, 7) is 5.72. The van der Waals surface area contributed by atoms with Crippen molar-refractivity contribution >= 4 is 11.8 Å². The third-order valence-corrected chi connectivity index (χ3v) is 5.97. The van der Waals surface area contributed by atoms with Crippen LogP contribution in [0.3, 0.4) is 0 Å². The number of methoxy groups -OCH3 is 3. The lowest BCUT2D eigenvalue weighted by molar-refractivity contribution is -0.131. The number of benzene rings is 1. The molecule has 166 valence electrons. The first kappa shape index (κ1) is 22.2. The lowest BCUT2D eigenvalue weighted by Crippen LogP contribution is -2.36. The highest BCUT2D eigenvalue weighted by Gasteiger charge is 2.41. The molecular formula is C23H34N2O5. The molecular weight excluding hydrogens is 384 g/mol. The van der Waals surface area contributed by atoms with Crippen LogP contribution in [0.25, 0.3) is 0 Å². The molecule has 1 N–H and O–H groups in total. The summed E-state index contributed by atoms with van der Waals surface area (Å²) in [5.41, 5.74) is 0.913. The summed E-state index contributed by atoms with van der Waals surface area (Å²) in [5.74, 6) is 2.18. The topological polar surface area (TPSA) is 77.1 Å². The first-order chi connectivity index (χ1) is 14.4. The Hall–Kier alpha value is -2.44. The molecule has 3 rings (SSSR count). The SMILES string of the molecule is COc1cc(C2CN(C(=O)CC(C)C)CC2C(=O)NCC2CC2)cc(OC)c1OC. The summed E-state index contributed by atoms with van der Waals surface area (Å²) in [6, 6.07) is 3.78. The third kappa shape index (κ3) is 4.99. The van der Waals surface area contributed by atoms with Crippen molar-refractivity contribution in [1.29, 1.82) is 0 Å². The summed E-state index contributed by atoms with van der Waals surface area (Å²) >= 11 is 0. The molecule has 2 fully saturated rings. The van der Waals surface area contributed by atoms with E-state index >= 15 is 0 Å². The van der Waals surface area contributed by atoms with E-state index in [1.54, 1.807) is 21.3 Å². The average molecular weight is 419 g/mol. The van der Waals surface area contributed by atoms with Crippen LogP contribution in [0.5, 0.6) is 17.2 Å². The van der Waals surface area contributed by atoms with E-state index in [0.29, 0.717) is 42.7 Å². The predicted octanol–water partition coefficient (Wildman–Crippen LogP) is 2.83. The Morgan fingerprint density at radius 3 is 2.20 bits per heavy atom. The van der Waals surface area contributed by atoms with Gasteiger partial charge in [0.2, 0.25) is 17.6 Å². The van der Waals surface area contributed by atoms with Crippen LogP contribution in [-0.4, -0.2) is 57.7 Å². The number of amides is 2. The summed E-state index contributed by atoms with van der Waals surface area (Å²) in [4.78, 5) is 27.6. The fourth-order valence-electron chi connectivity index (χ4n) is 4.10. The number of nitrogens with one attached hydrogen (secondary N) is 1. The first-order valence-corrected chi connectivity index (χ1v) is 10.7. The summed E-state index contributed by atoms with van der Waals surface area (Å²) < 4.78 is 16.4. The Bertz CT molecular complexity index is 750. The van der Waals surface area contributed by atoms with Crippen molar-refractivity contribution in [3.63, 3.8) is 0 Å². The van der Waals surface area contributed by atoms with Gasteiger partial charge in [0.15, 0.2) is 11.5 Å². The largest absolute Gasteiger partial charge is 0.493 e. The van der Waals surface area contributed by atoms with Crippen LogP contribution in [0.1, 0.15) is 44.6 Å². The Labute approximate surface area is 179 Å². The molecule has 1 aliphatic carbocycles. The molecule has 1 aromatic rings. The fourth-order valence-corrected chi connectivity index (χ4v) is 4.10. The van der Waals surface area contributed by atoms with Gasteiger partial charge in [-0.3, -0.25) is 9.59 Å². The molecule has 2 atom stereocenters. The highest BCUT2D eigenvalue weighted by Crippen LogP contribution is 2.43. The average Bonchev–Trinajstić information content (AvgIpc) is 3.45. The van der Waals surface area contributed by atoms with Crippen LogP contribution in [-0.2, 0) is 9.59 Å². The summed E-state index contributed by atoms with van der Waals surface area (Å²) in [5, 5.41) is 3.10. The number of hydrogen-bond acceptors (Lipinski definition) is 5. The maximum Gasteiger partial charge on any atom is 0.225 e. The minimum absolute atomic E-state index is 0.0144. The Morgan fingerprint density at radius 2 is 1.70 bits per heavy atom. The molecule has 1 heterocycles.